The van der Waals surface area contributed by atoms with Gasteiger partial charge < -0.3 is 10.1 Å². The highest BCUT2D eigenvalue weighted by atomic mass is 32.1. The first kappa shape index (κ1) is 15.0. The molecule has 1 heterocycles. The van der Waals surface area contributed by atoms with Crippen LogP contribution < -0.4 is 5.32 Å². The minimum Gasteiger partial charge on any atom is -0.380 e. The van der Waals surface area contributed by atoms with Gasteiger partial charge in [0.25, 0.3) is 0 Å². The number of benzene rings is 1. The standard InChI is InChI=1S/C16H22N2OS/c1-11-10-20-15(17-11)13-6-8-14(9-7-13)18-12(2)16(3,4)19-5/h6-10,12,18H,1-5H3/t12-/m0/s1. The molecule has 0 amide bonds. The van der Waals surface area contributed by atoms with Gasteiger partial charge >= 0.3 is 0 Å². The molecule has 0 saturated heterocycles. The highest BCUT2D eigenvalue weighted by molar-refractivity contribution is 7.13. The smallest absolute Gasteiger partial charge is 0.123 e. The summed E-state index contributed by atoms with van der Waals surface area (Å²) >= 11 is 1.68. The van der Waals surface area contributed by atoms with E-state index in [1.54, 1.807) is 18.4 Å². The van der Waals surface area contributed by atoms with Crippen LogP contribution in [0.3, 0.4) is 0 Å². The Bertz CT molecular complexity index is 560. The van der Waals surface area contributed by atoms with E-state index in [9.17, 15) is 0 Å². The van der Waals surface area contributed by atoms with E-state index < -0.39 is 0 Å². The summed E-state index contributed by atoms with van der Waals surface area (Å²) in [6, 6.07) is 8.61. The fourth-order valence-electron chi connectivity index (χ4n) is 1.80. The van der Waals surface area contributed by atoms with E-state index in [4.69, 9.17) is 4.74 Å². The van der Waals surface area contributed by atoms with Crippen LogP contribution in [0.15, 0.2) is 29.6 Å². The summed E-state index contributed by atoms with van der Waals surface area (Å²) < 4.78 is 5.50. The van der Waals surface area contributed by atoms with Crippen molar-refractivity contribution in [3.63, 3.8) is 0 Å². The number of aromatic nitrogens is 1. The molecule has 3 nitrogen and oxygen atoms in total. The number of rotatable bonds is 5. The molecule has 108 valence electrons. The number of hydrogen-bond donors (Lipinski definition) is 1. The molecule has 0 saturated carbocycles. The van der Waals surface area contributed by atoms with Gasteiger partial charge in [0.15, 0.2) is 0 Å². The van der Waals surface area contributed by atoms with Crippen molar-refractivity contribution in [3.05, 3.63) is 35.3 Å². The lowest BCUT2D eigenvalue weighted by atomic mass is 10.00. The number of methoxy groups -OCH3 is 1. The SMILES string of the molecule is COC(C)(C)[C@H](C)Nc1ccc(-c2nc(C)cs2)cc1. The molecular formula is C16H22N2OS. The minimum atomic E-state index is -0.203. The molecule has 0 aliphatic rings. The highest BCUT2D eigenvalue weighted by Crippen LogP contribution is 2.26. The average Bonchev–Trinajstić information content (AvgIpc) is 2.86. The van der Waals surface area contributed by atoms with Crippen LogP contribution in [-0.4, -0.2) is 23.7 Å². The van der Waals surface area contributed by atoms with Gasteiger partial charge in [0.05, 0.1) is 11.6 Å². The predicted octanol–water partition coefficient (Wildman–Crippen LogP) is 4.34. The lowest BCUT2D eigenvalue weighted by molar-refractivity contribution is 0.0107. The summed E-state index contributed by atoms with van der Waals surface area (Å²) in [6.07, 6.45) is 0. The second-order valence-electron chi connectivity index (χ2n) is 5.54. The van der Waals surface area contributed by atoms with Crippen LogP contribution in [-0.2, 0) is 4.74 Å². The van der Waals surface area contributed by atoms with Gasteiger partial charge in [0.2, 0.25) is 0 Å². The predicted molar refractivity (Wildman–Crippen MR) is 86.5 cm³/mol. The largest absolute Gasteiger partial charge is 0.380 e. The first-order valence-corrected chi connectivity index (χ1v) is 7.64. The van der Waals surface area contributed by atoms with Gasteiger partial charge in [0, 0.05) is 29.4 Å². The van der Waals surface area contributed by atoms with Gasteiger partial charge in [-0.25, -0.2) is 4.98 Å². The van der Waals surface area contributed by atoms with Crippen molar-refractivity contribution in [2.75, 3.05) is 12.4 Å². The number of hydrogen-bond acceptors (Lipinski definition) is 4. The topological polar surface area (TPSA) is 34.1 Å². The van der Waals surface area contributed by atoms with Gasteiger partial charge in [-0.05, 0) is 52.0 Å². The number of thiazole rings is 1. The fraction of sp³-hybridized carbons (Fsp3) is 0.438. The van der Waals surface area contributed by atoms with Crippen molar-refractivity contribution in [1.29, 1.82) is 0 Å². The third-order valence-electron chi connectivity index (χ3n) is 3.70. The Morgan fingerprint density at radius 1 is 1.25 bits per heavy atom. The minimum absolute atomic E-state index is 0.203. The molecule has 4 heteroatoms. The molecule has 0 radical (unpaired) electrons. The van der Waals surface area contributed by atoms with Gasteiger partial charge in [-0.15, -0.1) is 11.3 Å². The number of anilines is 1. The maximum atomic E-state index is 5.50. The van der Waals surface area contributed by atoms with Crippen LogP contribution in [0.5, 0.6) is 0 Å². The second kappa shape index (κ2) is 5.94. The van der Waals surface area contributed by atoms with Gasteiger partial charge in [-0.2, -0.15) is 0 Å². The molecule has 1 aromatic carbocycles. The Balaban J connectivity index is 2.09. The molecule has 0 aliphatic heterocycles. The number of ether oxygens (including phenoxy) is 1. The van der Waals surface area contributed by atoms with Crippen LogP contribution in [0.25, 0.3) is 10.6 Å². The summed E-state index contributed by atoms with van der Waals surface area (Å²) in [5, 5.41) is 6.62. The molecule has 0 spiro atoms. The fourth-order valence-corrected chi connectivity index (χ4v) is 2.60. The molecule has 1 N–H and O–H groups in total. The Labute approximate surface area is 125 Å². The maximum absolute atomic E-state index is 5.50. The maximum Gasteiger partial charge on any atom is 0.123 e. The first-order chi connectivity index (χ1) is 9.42. The van der Waals surface area contributed by atoms with Gasteiger partial charge in [0.1, 0.15) is 5.01 Å². The van der Waals surface area contributed by atoms with Crippen LogP contribution in [0.2, 0.25) is 0 Å². The normalized spacial score (nSPS) is 13.2. The monoisotopic (exact) mass is 290 g/mol. The molecule has 0 unspecified atom stereocenters. The zero-order chi connectivity index (χ0) is 14.8. The molecular weight excluding hydrogens is 268 g/mol. The van der Waals surface area contributed by atoms with E-state index in [1.165, 1.54) is 0 Å². The first-order valence-electron chi connectivity index (χ1n) is 6.76. The molecule has 0 bridgehead atoms. The van der Waals surface area contributed by atoms with E-state index in [2.05, 4.69) is 60.7 Å². The van der Waals surface area contributed by atoms with Gasteiger partial charge in [-0.1, -0.05) is 0 Å². The van der Waals surface area contributed by atoms with Crippen molar-refractivity contribution in [1.82, 2.24) is 4.98 Å². The van der Waals surface area contributed by atoms with Crippen molar-refractivity contribution in [3.8, 4) is 10.6 Å². The number of nitrogens with zero attached hydrogens (tertiary/aromatic N) is 1. The molecule has 20 heavy (non-hydrogen) atoms. The van der Waals surface area contributed by atoms with Crippen molar-refractivity contribution < 1.29 is 4.74 Å². The molecule has 0 aliphatic carbocycles. The molecule has 2 rings (SSSR count). The zero-order valence-electron chi connectivity index (χ0n) is 12.7. The van der Waals surface area contributed by atoms with Gasteiger partial charge in [-0.3, -0.25) is 0 Å². The van der Waals surface area contributed by atoms with Crippen molar-refractivity contribution >= 4 is 17.0 Å². The summed E-state index contributed by atoms with van der Waals surface area (Å²) in [5.41, 5.74) is 3.13. The Morgan fingerprint density at radius 3 is 2.40 bits per heavy atom. The molecule has 2 aromatic rings. The Kier molecular flexibility index (Phi) is 4.45. The van der Waals surface area contributed by atoms with E-state index in [0.29, 0.717) is 0 Å². The average molecular weight is 290 g/mol. The van der Waals surface area contributed by atoms with Crippen LogP contribution in [0, 0.1) is 6.92 Å². The summed E-state index contributed by atoms with van der Waals surface area (Å²) in [4.78, 5) is 4.50. The quantitative estimate of drug-likeness (QED) is 0.889. The lowest BCUT2D eigenvalue weighted by Crippen LogP contribution is -2.41. The van der Waals surface area contributed by atoms with E-state index >= 15 is 0 Å². The lowest BCUT2D eigenvalue weighted by Gasteiger charge is -2.31. The summed E-state index contributed by atoms with van der Waals surface area (Å²) in [7, 11) is 1.74. The Morgan fingerprint density at radius 2 is 1.90 bits per heavy atom. The van der Waals surface area contributed by atoms with E-state index in [1.807, 2.05) is 6.92 Å². The van der Waals surface area contributed by atoms with Crippen molar-refractivity contribution in [2.45, 2.75) is 39.3 Å². The molecule has 0 fully saturated rings. The molecule has 1 aromatic heterocycles. The second-order valence-corrected chi connectivity index (χ2v) is 6.40. The van der Waals surface area contributed by atoms with E-state index in [-0.39, 0.29) is 11.6 Å². The molecule has 1 atom stereocenters. The van der Waals surface area contributed by atoms with E-state index in [0.717, 1.165) is 22.0 Å². The van der Waals surface area contributed by atoms with Crippen LogP contribution >= 0.6 is 11.3 Å². The zero-order valence-corrected chi connectivity index (χ0v) is 13.5. The summed E-state index contributed by atoms with van der Waals surface area (Å²) in [5.74, 6) is 0. The third kappa shape index (κ3) is 3.38. The third-order valence-corrected chi connectivity index (χ3v) is 4.71. The number of aryl methyl sites for hydroxylation is 1. The highest BCUT2D eigenvalue weighted by Gasteiger charge is 2.24. The Hall–Kier alpha value is -1.39. The van der Waals surface area contributed by atoms with Crippen molar-refractivity contribution in [2.24, 2.45) is 0 Å². The van der Waals surface area contributed by atoms with Crippen LogP contribution in [0.1, 0.15) is 26.5 Å². The number of nitrogens with one attached hydrogen (secondary N) is 1. The summed E-state index contributed by atoms with van der Waals surface area (Å²) in [6.45, 7) is 8.31. The van der Waals surface area contributed by atoms with Crippen LogP contribution in [0.4, 0.5) is 5.69 Å².